The van der Waals surface area contributed by atoms with Gasteiger partial charge in [0.05, 0.1) is 12.6 Å². The van der Waals surface area contributed by atoms with Gasteiger partial charge in [-0.3, -0.25) is 24.0 Å². The zero-order valence-corrected chi connectivity index (χ0v) is 20.2. The van der Waals surface area contributed by atoms with Crippen molar-refractivity contribution in [3.8, 4) is 0 Å². The van der Waals surface area contributed by atoms with Crippen LogP contribution >= 0.6 is 0 Å². The van der Waals surface area contributed by atoms with Crippen molar-refractivity contribution >= 4 is 23.9 Å². The van der Waals surface area contributed by atoms with E-state index in [9.17, 15) is 19.2 Å². The van der Waals surface area contributed by atoms with Gasteiger partial charge in [0.2, 0.25) is 0 Å². The Hall–Kier alpha value is -3.02. The highest BCUT2D eigenvalue weighted by atomic mass is 16.7. The van der Waals surface area contributed by atoms with Crippen molar-refractivity contribution in [2.24, 2.45) is 0 Å². The summed E-state index contributed by atoms with van der Waals surface area (Å²) in [5, 5.41) is 1.74. The van der Waals surface area contributed by atoms with E-state index in [1.807, 2.05) is 30.3 Å². The maximum Gasteiger partial charge on any atom is 0.303 e. The van der Waals surface area contributed by atoms with Gasteiger partial charge in [0.25, 0.3) is 0 Å². The van der Waals surface area contributed by atoms with Gasteiger partial charge >= 0.3 is 23.9 Å². The normalized spacial score (nSPS) is 25.6. The molecule has 0 radical (unpaired) electrons. The lowest BCUT2D eigenvalue weighted by Gasteiger charge is -2.39. The second-order valence-electron chi connectivity index (χ2n) is 8.49. The van der Waals surface area contributed by atoms with Crippen LogP contribution in [0.3, 0.4) is 0 Å². The molecule has 2 aliphatic heterocycles. The third-order valence-corrected chi connectivity index (χ3v) is 5.58. The topological polar surface area (TPSA) is 127 Å². The molecule has 2 fully saturated rings. The van der Waals surface area contributed by atoms with Crippen LogP contribution in [0.2, 0.25) is 0 Å². The van der Waals surface area contributed by atoms with Crippen LogP contribution in [0.5, 0.6) is 0 Å². The van der Waals surface area contributed by atoms with Crippen LogP contribution in [-0.4, -0.2) is 78.7 Å². The number of fused-ring (bicyclic) bond motifs is 2. The van der Waals surface area contributed by atoms with E-state index < -0.39 is 54.3 Å². The molecule has 11 heteroatoms. The number of nitrogens with zero attached hydrogens (tertiary/aromatic N) is 1. The summed E-state index contributed by atoms with van der Waals surface area (Å²) in [5.41, 5.74) is 0.988. The van der Waals surface area contributed by atoms with E-state index in [2.05, 4.69) is 0 Å². The first-order chi connectivity index (χ1) is 16.6. The number of carbonyl (C=O) groups excluding carboxylic acids is 4. The van der Waals surface area contributed by atoms with Gasteiger partial charge in [0.1, 0.15) is 24.9 Å². The minimum absolute atomic E-state index is 0.113. The van der Waals surface area contributed by atoms with Gasteiger partial charge in [0, 0.05) is 34.2 Å². The van der Waals surface area contributed by atoms with Crippen LogP contribution < -0.4 is 0 Å². The summed E-state index contributed by atoms with van der Waals surface area (Å²) in [5.74, 6) is -2.53. The van der Waals surface area contributed by atoms with Gasteiger partial charge in [-0.2, -0.15) is 5.06 Å². The Labute approximate surface area is 203 Å². The van der Waals surface area contributed by atoms with E-state index in [1.54, 1.807) is 5.06 Å². The maximum absolute atomic E-state index is 12.1. The monoisotopic (exact) mass is 493 g/mol. The molecule has 2 heterocycles. The number of benzene rings is 1. The first-order valence-electron chi connectivity index (χ1n) is 11.4. The quantitative estimate of drug-likeness (QED) is 0.365. The molecule has 6 atom stereocenters. The highest BCUT2D eigenvalue weighted by Gasteiger charge is 2.52. The first-order valence-corrected chi connectivity index (χ1v) is 11.4. The number of rotatable bonds is 9. The fraction of sp³-hybridized carbons (Fsp3) is 0.583. The molecular formula is C24H31NO10. The van der Waals surface area contributed by atoms with Crippen molar-refractivity contribution < 1.29 is 47.7 Å². The Morgan fingerprint density at radius 2 is 1.66 bits per heavy atom. The molecule has 35 heavy (non-hydrogen) atoms. The smallest absolute Gasteiger partial charge is 0.303 e. The summed E-state index contributed by atoms with van der Waals surface area (Å²) >= 11 is 0. The van der Waals surface area contributed by atoms with E-state index in [1.165, 1.54) is 27.7 Å². The maximum atomic E-state index is 12.1. The molecule has 0 unspecified atom stereocenters. The summed E-state index contributed by atoms with van der Waals surface area (Å²) in [6, 6.07) is 9.19. The number of hydroxylamine groups is 2. The van der Waals surface area contributed by atoms with Crippen molar-refractivity contribution in [3.05, 3.63) is 35.9 Å². The van der Waals surface area contributed by atoms with Gasteiger partial charge < -0.3 is 23.7 Å². The minimum Gasteiger partial charge on any atom is -0.462 e. The molecule has 2 aliphatic rings. The molecular weight excluding hydrogens is 462 g/mol. The molecule has 2 bridgehead atoms. The Bertz CT molecular complexity index is 907. The summed E-state index contributed by atoms with van der Waals surface area (Å²) in [4.78, 5) is 53.5. The second kappa shape index (κ2) is 12.1. The van der Waals surface area contributed by atoms with Gasteiger partial charge in [-0.1, -0.05) is 30.3 Å². The fourth-order valence-corrected chi connectivity index (χ4v) is 4.32. The lowest BCUT2D eigenvalue weighted by atomic mass is 9.95. The number of carbonyl (C=O) groups is 4. The van der Waals surface area contributed by atoms with Crippen molar-refractivity contribution in [2.45, 2.75) is 77.2 Å². The highest BCUT2D eigenvalue weighted by molar-refractivity contribution is 5.68. The van der Waals surface area contributed by atoms with Crippen LogP contribution in [0.4, 0.5) is 0 Å². The van der Waals surface area contributed by atoms with E-state index in [0.29, 0.717) is 13.0 Å². The molecule has 0 aromatic heterocycles. The molecule has 0 amide bonds. The molecule has 2 saturated heterocycles. The number of ether oxygens (including phenoxy) is 5. The average Bonchev–Trinajstić information content (AvgIpc) is 3.08. The van der Waals surface area contributed by atoms with Crippen LogP contribution in [-0.2, 0) is 54.2 Å². The van der Waals surface area contributed by atoms with E-state index >= 15 is 0 Å². The van der Waals surface area contributed by atoms with Crippen LogP contribution in [0, 0.1) is 0 Å². The standard InChI is InChI=1S/C24H31NO10/c1-14(26)30-13-21(32-15(2)27)23(34-17(4)29)24-22(33-16(3)28)20-10-19(12-31-24)35-25(20)11-18-8-6-5-7-9-18/h5-9,19-24H,10-13H2,1-4H3/t19-,20+,21+,22+,23+,24-/m0/s1. The molecule has 3 rings (SSSR count). The average molecular weight is 494 g/mol. The Balaban J connectivity index is 1.95. The van der Waals surface area contributed by atoms with E-state index in [0.717, 1.165) is 5.56 Å². The van der Waals surface area contributed by atoms with E-state index in [4.69, 9.17) is 28.5 Å². The van der Waals surface area contributed by atoms with Gasteiger partial charge in [-0.15, -0.1) is 0 Å². The van der Waals surface area contributed by atoms with Crippen molar-refractivity contribution in [3.63, 3.8) is 0 Å². The minimum atomic E-state index is -1.22. The summed E-state index contributed by atoms with van der Waals surface area (Å²) in [7, 11) is 0. The largest absolute Gasteiger partial charge is 0.462 e. The predicted molar refractivity (Wildman–Crippen MR) is 118 cm³/mol. The Kier molecular flexibility index (Phi) is 9.19. The van der Waals surface area contributed by atoms with Crippen LogP contribution in [0.25, 0.3) is 0 Å². The summed E-state index contributed by atoms with van der Waals surface area (Å²) in [6.07, 6.45) is -4.22. The summed E-state index contributed by atoms with van der Waals surface area (Å²) < 4.78 is 27.7. The molecule has 0 saturated carbocycles. The number of hydrogen-bond acceptors (Lipinski definition) is 11. The Morgan fingerprint density at radius 3 is 2.26 bits per heavy atom. The SMILES string of the molecule is CC(=O)OC[C@@H](OC(C)=O)[C@@H](OC(C)=O)[C@H]1OC[C@@H]2C[C@H]([C@H]1OC(C)=O)N(Cc1ccccc1)O2. The van der Waals surface area contributed by atoms with Crippen molar-refractivity contribution in [1.82, 2.24) is 5.06 Å². The molecule has 11 nitrogen and oxygen atoms in total. The van der Waals surface area contributed by atoms with Gasteiger partial charge in [-0.25, -0.2) is 0 Å². The highest BCUT2D eigenvalue weighted by Crippen LogP contribution is 2.35. The zero-order valence-electron chi connectivity index (χ0n) is 20.2. The second-order valence-corrected chi connectivity index (χ2v) is 8.49. The number of esters is 4. The lowest BCUT2D eigenvalue weighted by molar-refractivity contribution is -0.250. The molecule has 0 aliphatic carbocycles. The molecule has 1 aromatic rings. The van der Waals surface area contributed by atoms with Gasteiger partial charge in [0.15, 0.2) is 12.2 Å². The molecule has 192 valence electrons. The first kappa shape index (κ1) is 26.6. The fourth-order valence-electron chi connectivity index (χ4n) is 4.32. The van der Waals surface area contributed by atoms with Crippen molar-refractivity contribution in [2.75, 3.05) is 13.2 Å². The summed E-state index contributed by atoms with van der Waals surface area (Å²) in [6.45, 7) is 5.00. The molecule has 1 aromatic carbocycles. The Morgan fingerprint density at radius 1 is 0.971 bits per heavy atom. The molecule has 0 spiro atoms. The van der Waals surface area contributed by atoms with Crippen molar-refractivity contribution in [1.29, 1.82) is 0 Å². The third-order valence-electron chi connectivity index (χ3n) is 5.58. The number of hydrogen-bond donors (Lipinski definition) is 0. The molecule has 0 N–H and O–H groups in total. The lowest BCUT2D eigenvalue weighted by Crippen LogP contribution is -2.57. The van der Waals surface area contributed by atoms with Gasteiger partial charge in [-0.05, 0) is 12.0 Å². The predicted octanol–water partition coefficient (Wildman–Crippen LogP) is 1.32. The zero-order chi connectivity index (χ0) is 25.5. The van der Waals surface area contributed by atoms with E-state index in [-0.39, 0.29) is 19.3 Å². The van der Waals surface area contributed by atoms with Crippen LogP contribution in [0.15, 0.2) is 30.3 Å². The third kappa shape index (κ3) is 7.48. The van der Waals surface area contributed by atoms with Crippen LogP contribution in [0.1, 0.15) is 39.7 Å².